The lowest BCUT2D eigenvalue weighted by Gasteiger charge is -2.24. The first-order chi connectivity index (χ1) is 9.75. The van der Waals surface area contributed by atoms with Gasteiger partial charge < -0.3 is 5.11 Å². The molecular formula is C18H19BrO. The molecule has 0 unspecified atom stereocenters. The molecule has 0 bridgehead atoms. The Hall–Kier alpha value is -1.28. The molecule has 1 aliphatic rings. The van der Waals surface area contributed by atoms with Crippen LogP contribution in [0, 0.1) is 0 Å². The minimum Gasteiger partial charge on any atom is -0.507 e. The van der Waals surface area contributed by atoms with E-state index >= 15 is 0 Å². The highest BCUT2D eigenvalue weighted by atomic mass is 79.9. The molecule has 0 saturated heterocycles. The van der Waals surface area contributed by atoms with Crippen LogP contribution in [-0.2, 0) is 0 Å². The molecule has 1 N–H and O–H groups in total. The monoisotopic (exact) mass is 330 g/mol. The summed E-state index contributed by atoms with van der Waals surface area (Å²) in [7, 11) is 0. The largest absolute Gasteiger partial charge is 0.507 e. The molecule has 0 radical (unpaired) electrons. The van der Waals surface area contributed by atoms with Gasteiger partial charge in [0.2, 0.25) is 0 Å². The van der Waals surface area contributed by atoms with Gasteiger partial charge in [0.15, 0.2) is 0 Å². The molecule has 0 atom stereocenters. The van der Waals surface area contributed by atoms with Gasteiger partial charge in [-0.25, -0.2) is 0 Å². The van der Waals surface area contributed by atoms with Crippen LogP contribution in [0.2, 0.25) is 0 Å². The predicted molar refractivity (Wildman–Crippen MR) is 87.1 cm³/mol. The van der Waals surface area contributed by atoms with Crippen molar-refractivity contribution >= 4 is 15.9 Å². The highest BCUT2D eigenvalue weighted by Crippen LogP contribution is 2.43. The van der Waals surface area contributed by atoms with Gasteiger partial charge in [0.05, 0.1) is 0 Å². The molecule has 1 fully saturated rings. The lowest BCUT2D eigenvalue weighted by Crippen LogP contribution is -2.05. The fourth-order valence-electron chi connectivity index (χ4n) is 3.18. The van der Waals surface area contributed by atoms with Crippen LogP contribution in [0.1, 0.15) is 43.6 Å². The van der Waals surface area contributed by atoms with Gasteiger partial charge >= 0.3 is 0 Å². The number of hydrogen-bond acceptors (Lipinski definition) is 1. The summed E-state index contributed by atoms with van der Waals surface area (Å²) in [6.07, 6.45) is 6.27. The minimum atomic E-state index is 0.464. The maximum atomic E-state index is 10.7. The number of rotatable bonds is 2. The third-order valence-electron chi connectivity index (χ3n) is 4.23. The van der Waals surface area contributed by atoms with Crippen molar-refractivity contribution in [2.45, 2.75) is 38.0 Å². The zero-order valence-corrected chi connectivity index (χ0v) is 13.1. The van der Waals surface area contributed by atoms with E-state index in [1.807, 2.05) is 36.4 Å². The van der Waals surface area contributed by atoms with Crippen molar-refractivity contribution in [3.8, 4) is 16.9 Å². The molecule has 1 aliphatic carbocycles. The average Bonchev–Trinajstić information content (AvgIpc) is 2.51. The van der Waals surface area contributed by atoms with E-state index in [4.69, 9.17) is 0 Å². The Balaban J connectivity index is 2.06. The van der Waals surface area contributed by atoms with Crippen LogP contribution in [0.25, 0.3) is 11.1 Å². The second-order valence-corrected chi connectivity index (χ2v) is 6.51. The third kappa shape index (κ3) is 2.76. The molecule has 20 heavy (non-hydrogen) atoms. The van der Waals surface area contributed by atoms with E-state index in [1.165, 1.54) is 32.1 Å². The van der Waals surface area contributed by atoms with E-state index in [0.717, 1.165) is 21.2 Å². The van der Waals surface area contributed by atoms with Crippen molar-refractivity contribution in [2.24, 2.45) is 0 Å². The summed E-state index contributed by atoms with van der Waals surface area (Å²) in [5.74, 6) is 0.968. The highest BCUT2D eigenvalue weighted by Gasteiger charge is 2.21. The minimum absolute atomic E-state index is 0.464. The number of phenols is 1. The van der Waals surface area contributed by atoms with Crippen LogP contribution in [-0.4, -0.2) is 5.11 Å². The van der Waals surface area contributed by atoms with Crippen molar-refractivity contribution < 1.29 is 5.11 Å². The van der Waals surface area contributed by atoms with Gasteiger partial charge in [-0.15, -0.1) is 0 Å². The van der Waals surface area contributed by atoms with Gasteiger partial charge in [0.1, 0.15) is 5.75 Å². The first kappa shape index (κ1) is 13.7. The number of halogens is 1. The predicted octanol–water partition coefficient (Wildman–Crippen LogP) is 5.87. The maximum Gasteiger partial charge on any atom is 0.126 e. The molecule has 1 saturated carbocycles. The summed E-state index contributed by atoms with van der Waals surface area (Å²) in [5.41, 5.74) is 3.11. The Morgan fingerprint density at radius 1 is 0.950 bits per heavy atom. The molecular weight excluding hydrogens is 312 g/mol. The molecule has 0 aliphatic heterocycles. The summed E-state index contributed by atoms with van der Waals surface area (Å²) in [6, 6.07) is 14.2. The van der Waals surface area contributed by atoms with Crippen molar-refractivity contribution in [1.29, 1.82) is 0 Å². The quantitative estimate of drug-likeness (QED) is 0.730. The summed E-state index contributed by atoms with van der Waals surface area (Å²) in [5, 5.41) is 10.7. The van der Waals surface area contributed by atoms with Crippen LogP contribution < -0.4 is 0 Å². The first-order valence-electron chi connectivity index (χ1n) is 7.33. The van der Waals surface area contributed by atoms with Crippen molar-refractivity contribution in [2.75, 3.05) is 0 Å². The number of aromatic hydroxyl groups is 1. The van der Waals surface area contributed by atoms with Gasteiger partial charge in [-0.05, 0) is 42.0 Å². The fraction of sp³-hybridized carbons (Fsp3) is 0.333. The summed E-state index contributed by atoms with van der Waals surface area (Å²) >= 11 is 3.60. The molecule has 104 valence electrons. The summed E-state index contributed by atoms with van der Waals surface area (Å²) in [4.78, 5) is 0. The summed E-state index contributed by atoms with van der Waals surface area (Å²) in [6.45, 7) is 0. The van der Waals surface area contributed by atoms with Gasteiger partial charge in [-0.3, -0.25) is 0 Å². The van der Waals surface area contributed by atoms with Crippen LogP contribution >= 0.6 is 15.9 Å². The molecule has 2 aromatic carbocycles. The van der Waals surface area contributed by atoms with Gasteiger partial charge in [0.25, 0.3) is 0 Å². The van der Waals surface area contributed by atoms with E-state index in [1.54, 1.807) is 0 Å². The lowest BCUT2D eigenvalue weighted by atomic mass is 9.82. The Kier molecular flexibility index (Phi) is 4.11. The second kappa shape index (κ2) is 6.01. The fourth-order valence-corrected chi connectivity index (χ4v) is 3.66. The maximum absolute atomic E-state index is 10.7. The van der Waals surface area contributed by atoms with Gasteiger partial charge in [-0.2, -0.15) is 0 Å². The zero-order chi connectivity index (χ0) is 13.9. The Morgan fingerprint density at radius 2 is 1.65 bits per heavy atom. The highest BCUT2D eigenvalue weighted by molar-refractivity contribution is 9.10. The van der Waals surface area contributed by atoms with Crippen LogP contribution in [0.4, 0.5) is 0 Å². The van der Waals surface area contributed by atoms with E-state index in [-0.39, 0.29) is 0 Å². The van der Waals surface area contributed by atoms with Crippen LogP contribution in [0.5, 0.6) is 5.75 Å². The van der Waals surface area contributed by atoms with E-state index in [9.17, 15) is 5.11 Å². The van der Waals surface area contributed by atoms with Crippen molar-refractivity contribution in [3.63, 3.8) is 0 Å². The van der Waals surface area contributed by atoms with E-state index < -0.39 is 0 Å². The average molecular weight is 331 g/mol. The summed E-state index contributed by atoms with van der Waals surface area (Å²) < 4.78 is 1.05. The molecule has 2 heteroatoms. The van der Waals surface area contributed by atoms with E-state index in [2.05, 4.69) is 22.0 Å². The molecule has 0 heterocycles. The van der Waals surface area contributed by atoms with Gasteiger partial charge in [0, 0.05) is 10.0 Å². The van der Waals surface area contributed by atoms with Gasteiger partial charge in [-0.1, -0.05) is 65.5 Å². The molecule has 0 spiro atoms. The standard InChI is InChI=1S/C18H19BrO/c19-15-11-16(13-7-3-1-4-8-13)18(20)17(12-15)14-9-5-2-6-10-14/h1,3-4,7-8,11-12,14,20H,2,5-6,9-10H2. The molecule has 0 aromatic heterocycles. The van der Waals surface area contributed by atoms with Crippen LogP contribution in [0.3, 0.4) is 0 Å². The topological polar surface area (TPSA) is 20.2 Å². The third-order valence-corrected chi connectivity index (χ3v) is 4.69. The molecule has 0 amide bonds. The Bertz CT molecular complexity index is 586. The smallest absolute Gasteiger partial charge is 0.126 e. The molecule has 3 rings (SSSR count). The number of benzene rings is 2. The van der Waals surface area contributed by atoms with Crippen LogP contribution in [0.15, 0.2) is 46.9 Å². The Morgan fingerprint density at radius 3 is 2.35 bits per heavy atom. The zero-order valence-electron chi connectivity index (χ0n) is 11.5. The van der Waals surface area contributed by atoms with Crippen molar-refractivity contribution in [3.05, 3.63) is 52.5 Å². The molecule has 1 nitrogen and oxygen atoms in total. The number of phenolic OH excluding ortho intramolecular Hbond substituents is 1. The molecule has 2 aromatic rings. The van der Waals surface area contributed by atoms with Crippen molar-refractivity contribution in [1.82, 2.24) is 0 Å². The van der Waals surface area contributed by atoms with E-state index in [0.29, 0.717) is 11.7 Å². The lowest BCUT2D eigenvalue weighted by molar-refractivity contribution is 0.415. The number of hydrogen-bond donors (Lipinski definition) is 1. The second-order valence-electron chi connectivity index (χ2n) is 5.59. The SMILES string of the molecule is Oc1c(-c2ccccc2)cc(Br)cc1C1CCCCC1. The normalized spacial score (nSPS) is 16.2. The first-order valence-corrected chi connectivity index (χ1v) is 8.13. The Labute approximate surface area is 128 Å².